The molecule has 0 radical (unpaired) electrons. The van der Waals surface area contributed by atoms with Crippen LogP contribution in [-0.2, 0) is 24.3 Å². The van der Waals surface area contributed by atoms with E-state index in [0.717, 1.165) is 17.1 Å². The van der Waals surface area contributed by atoms with Crippen molar-refractivity contribution in [3.05, 3.63) is 29.8 Å². The minimum atomic E-state index is -3.67. The summed E-state index contributed by atoms with van der Waals surface area (Å²) in [6, 6.07) is 5.50. The third-order valence-electron chi connectivity index (χ3n) is 3.89. The minimum absolute atomic E-state index is 0.0250. The van der Waals surface area contributed by atoms with E-state index < -0.39 is 27.8 Å². The summed E-state index contributed by atoms with van der Waals surface area (Å²) in [5, 5.41) is 4.73. The van der Waals surface area contributed by atoms with E-state index in [1.165, 1.54) is 38.4 Å². The van der Waals surface area contributed by atoms with Crippen LogP contribution in [0.5, 0.6) is 0 Å². The van der Waals surface area contributed by atoms with Crippen molar-refractivity contribution in [1.29, 1.82) is 0 Å². The lowest BCUT2D eigenvalue weighted by Crippen LogP contribution is -2.39. The second-order valence-corrected chi connectivity index (χ2v) is 8.55. The summed E-state index contributed by atoms with van der Waals surface area (Å²) in [7, 11) is -0.885. The molecule has 1 aromatic carbocycles. The molecule has 1 saturated carbocycles. The Morgan fingerprint density at radius 3 is 2.48 bits per heavy atom. The van der Waals surface area contributed by atoms with Gasteiger partial charge in [0, 0.05) is 19.7 Å². The second-order valence-electron chi connectivity index (χ2n) is 6.40. The van der Waals surface area contributed by atoms with Gasteiger partial charge in [0.25, 0.3) is 5.91 Å². The molecule has 0 unspecified atom stereocenters. The van der Waals surface area contributed by atoms with Crippen LogP contribution in [0.15, 0.2) is 29.2 Å². The van der Waals surface area contributed by atoms with Crippen LogP contribution in [0.4, 0.5) is 0 Å². The molecule has 0 atom stereocenters. The SMILES string of the molecule is CN(C)S(=O)(=O)c1cccc(C(=O)NCC(=O)NCC(=O)OCC2CC2)c1. The molecular formula is C17H23N3O6S. The molecule has 2 amide bonds. The Balaban J connectivity index is 1.81. The number of carbonyl (C=O) groups excluding carboxylic acids is 3. The van der Waals surface area contributed by atoms with Crippen molar-refractivity contribution in [2.75, 3.05) is 33.8 Å². The van der Waals surface area contributed by atoms with Gasteiger partial charge in [0.1, 0.15) is 6.54 Å². The Labute approximate surface area is 158 Å². The van der Waals surface area contributed by atoms with Gasteiger partial charge >= 0.3 is 5.97 Å². The Morgan fingerprint density at radius 1 is 1.15 bits per heavy atom. The van der Waals surface area contributed by atoms with E-state index in [2.05, 4.69) is 10.6 Å². The number of benzene rings is 1. The van der Waals surface area contributed by atoms with Crippen molar-refractivity contribution in [2.24, 2.45) is 5.92 Å². The fourth-order valence-corrected chi connectivity index (χ4v) is 3.00. The van der Waals surface area contributed by atoms with Crippen LogP contribution in [0.1, 0.15) is 23.2 Å². The van der Waals surface area contributed by atoms with Crippen molar-refractivity contribution < 1.29 is 27.5 Å². The molecule has 0 aromatic heterocycles. The lowest BCUT2D eigenvalue weighted by molar-refractivity contribution is -0.144. The number of hydrogen-bond donors (Lipinski definition) is 2. The molecule has 0 saturated heterocycles. The summed E-state index contributed by atoms with van der Waals surface area (Å²) in [5.74, 6) is -1.24. The summed E-state index contributed by atoms with van der Waals surface area (Å²) in [5.41, 5.74) is 0.106. The number of nitrogens with zero attached hydrogens (tertiary/aromatic N) is 1. The molecule has 1 aromatic rings. The van der Waals surface area contributed by atoms with Gasteiger partial charge in [-0.1, -0.05) is 6.07 Å². The van der Waals surface area contributed by atoms with Crippen molar-refractivity contribution in [2.45, 2.75) is 17.7 Å². The highest BCUT2D eigenvalue weighted by molar-refractivity contribution is 7.89. The normalized spacial score (nSPS) is 13.9. The van der Waals surface area contributed by atoms with Gasteiger partial charge in [-0.05, 0) is 37.0 Å². The van der Waals surface area contributed by atoms with E-state index >= 15 is 0 Å². The summed E-state index contributed by atoms with van der Waals surface area (Å²) >= 11 is 0. The maximum atomic E-state index is 12.1. The molecule has 0 bridgehead atoms. The van der Waals surface area contributed by atoms with E-state index in [1.54, 1.807) is 0 Å². The van der Waals surface area contributed by atoms with Crippen molar-refractivity contribution >= 4 is 27.8 Å². The van der Waals surface area contributed by atoms with E-state index in [-0.39, 0.29) is 23.5 Å². The predicted octanol–water partition coefficient (Wildman–Crippen LogP) is -0.264. The summed E-state index contributed by atoms with van der Waals surface area (Å²) in [6.07, 6.45) is 2.12. The average Bonchev–Trinajstić information content (AvgIpc) is 3.47. The van der Waals surface area contributed by atoms with Crippen LogP contribution in [0, 0.1) is 5.92 Å². The Morgan fingerprint density at radius 2 is 1.85 bits per heavy atom. The summed E-state index contributed by atoms with van der Waals surface area (Å²) in [6.45, 7) is -0.241. The largest absolute Gasteiger partial charge is 0.464 e. The highest BCUT2D eigenvalue weighted by Crippen LogP contribution is 2.28. The van der Waals surface area contributed by atoms with Gasteiger partial charge in [-0.25, -0.2) is 12.7 Å². The van der Waals surface area contributed by atoms with Crippen LogP contribution < -0.4 is 10.6 Å². The number of carbonyl (C=O) groups is 3. The zero-order valence-electron chi connectivity index (χ0n) is 15.2. The van der Waals surface area contributed by atoms with Crippen LogP contribution in [0.2, 0.25) is 0 Å². The third kappa shape index (κ3) is 6.33. The first-order chi connectivity index (χ1) is 12.7. The van der Waals surface area contributed by atoms with Crippen LogP contribution in [0.25, 0.3) is 0 Å². The second kappa shape index (κ2) is 8.96. The Hall–Kier alpha value is -2.46. The molecule has 1 aliphatic rings. The molecular weight excluding hydrogens is 374 g/mol. The molecule has 0 spiro atoms. The first-order valence-corrected chi connectivity index (χ1v) is 9.87. The molecule has 2 rings (SSSR count). The standard InChI is InChI=1S/C17H23N3O6S/c1-20(2)27(24,25)14-5-3-4-13(8-14)17(23)19-9-15(21)18-10-16(22)26-11-12-6-7-12/h3-5,8,12H,6-7,9-11H2,1-2H3,(H,18,21)(H,19,23). The minimum Gasteiger partial charge on any atom is -0.464 e. The molecule has 10 heteroatoms. The number of rotatable bonds is 9. The first-order valence-electron chi connectivity index (χ1n) is 8.43. The van der Waals surface area contributed by atoms with Crippen LogP contribution in [0.3, 0.4) is 0 Å². The maximum absolute atomic E-state index is 12.1. The number of amides is 2. The molecule has 148 valence electrons. The van der Waals surface area contributed by atoms with Crippen LogP contribution in [-0.4, -0.2) is 64.3 Å². The fourth-order valence-electron chi connectivity index (χ4n) is 2.05. The average molecular weight is 397 g/mol. The summed E-state index contributed by atoms with van der Waals surface area (Å²) in [4.78, 5) is 35.3. The quantitative estimate of drug-likeness (QED) is 0.554. The van der Waals surface area contributed by atoms with E-state index in [1.807, 2.05) is 0 Å². The zero-order chi connectivity index (χ0) is 20.0. The number of hydrogen-bond acceptors (Lipinski definition) is 6. The van der Waals surface area contributed by atoms with Gasteiger partial charge in [0.05, 0.1) is 18.0 Å². The van der Waals surface area contributed by atoms with E-state index in [4.69, 9.17) is 4.74 Å². The van der Waals surface area contributed by atoms with E-state index in [9.17, 15) is 22.8 Å². The number of nitrogens with one attached hydrogen (secondary N) is 2. The number of ether oxygens (including phenoxy) is 1. The molecule has 1 aliphatic carbocycles. The molecule has 0 aliphatic heterocycles. The van der Waals surface area contributed by atoms with Crippen molar-refractivity contribution in [3.8, 4) is 0 Å². The van der Waals surface area contributed by atoms with Gasteiger partial charge in [-0.15, -0.1) is 0 Å². The molecule has 1 fully saturated rings. The van der Waals surface area contributed by atoms with Crippen molar-refractivity contribution in [1.82, 2.24) is 14.9 Å². The highest BCUT2D eigenvalue weighted by atomic mass is 32.2. The lowest BCUT2D eigenvalue weighted by atomic mass is 10.2. The van der Waals surface area contributed by atoms with Gasteiger partial charge in [0.2, 0.25) is 15.9 Å². The van der Waals surface area contributed by atoms with Crippen LogP contribution >= 0.6 is 0 Å². The molecule has 9 nitrogen and oxygen atoms in total. The first kappa shape index (κ1) is 20.8. The zero-order valence-corrected chi connectivity index (χ0v) is 16.0. The smallest absolute Gasteiger partial charge is 0.325 e. The van der Waals surface area contributed by atoms with Gasteiger partial charge in [-0.3, -0.25) is 14.4 Å². The monoisotopic (exact) mass is 397 g/mol. The summed E-state index contributed by atoms with van der Waals surface area (Å²) < 4.78 is 30.2. The number of esters is 1. The predicted molar refractivity (Wildman–Crippen MR) is 96.3 cm³/mol. The fraction of sp³-hybridized carbons (Fsp3) is 0.471. The maximum Gasteiger partial charge on any atom is 0.325 e. The van der Waals surface area contributed by atoms with Gasteiger partial charge in [0.15, 0.2) is 0 Å². The highest BCUT2D eigenvalue weighted by Gasteiger charge is 2.23. The molecule has 27 heavy (non-hydrogen) atoms. The van der Waals surface area contributed by atoms with E-state index in [0.29, 0.717) is 12.5 Å². The Bertz CT molecular complexity index is 818. The van der Waals surface area contributed by atoms with Crippen molar-refractivity contribution in [3.63, 3.8) is 0 Å². The number of sulfonamides is 1. The Kier molecular flexibility index (Phi) is 6.92. The molecule has 0 heterocycles. The third-order valence-corrected chi connectivity index (χ3v) is 5.70. The van der Waals surface area contributed by atoms with Gasteiger partial charge < -0.3 is 15.4 Å². The molecule has 2 N–H and O–H groups in total. The topological polar surface area (TPSA) is 122 Å². The lowest BCUT2D eigenvalue weighted by Gasteiger charge is -2.12. The van der Waals surface area contributed by atoms with Gasteiger partial charge in [-0.2, -0.15) is 0 Å².